The first-order valence-electron chi connectivity index (χ1n) is 8.82. The Hall–Kier alpha value is -1.99. The molecular formula is C17H29N3O5. The van der Waals surface area contributed by atoms with Crippen LogP contribution >= 0.6 is 0 Å². The van der Waals surface area contributed by atoms with E-state index in [9.17, 15) is 14.4 Å². The summed E-state index contributed by atoms with van der Waals surface area (Å²) in [5.41, 5.74) is -0.663. The van der Waals surface area contributed by atoms with Gasteiger partial charge in [-0.25, -0.2) is 14.4 Å². The fourth-order valence-corrected chi connectivity index (χ4v) is 3.57. The van der Waals surface area contributed by atoms with Crippen LogP contribution in [-0.2, 0) is 14.3 Å². The first-order valence-corrected chi connectivity index (χ1v) is 8.82. The van der Waals surface area contributed by atoms with E-state index in [1.165, 1.54) is 4.90 Å². The Bertz CT molecular complexity index is 531. The number of nitrogens with zero attached hydrogens (tertiary/aromatic N) is 2. The Morgan fingerprint density at radius 2 is 1.92 bits per heavy atom. The molecule has 0 aromatic heterocycles. The van der Waals surface area contributed by atoms with E-state index in [4.69, 9.17) is 9.47 Å². The number of nitrogens with one attached hydrogen (secondary N) is 1. The number of urea groups is 1. The summed E-state index contributed by atoms with van der Waals surface area (Å²) in [5.74, 6) is -0.253. The molecule has 3 atom stereocenters. The quantitative estimate of drug-likeness (QED) is 0.760. The topological polar surface area (TPSA) is 88.2 Å². The van der Waals surface area contributed by atoms with Crippen molar-refractivity contribution in [1.29, 1.82) is 0 Å². The van der Waals surface area contributed by atoms with Crippen LogP contribution in [0.25, 0.3) is 0 Å². The summed E-state index contributed by atoms with van der Waals surface area (Å²) in [4.78, 5) is 40.3. The summed E-state index contributed by atoms with van der Waals surface area (Å²) in [6.07, 6.45) is 0.759. The average Bonchev–Trinajstić information content (AvgIpc) is 2.91. The largest absolute Gasteiger partial charge is 0.464 e. The third kappa shape index (κ3) is 4.35. The summed E-state index contributed by atoms with van der Waals surface area (Å²) < 4.78 is 10.7. The third-order valence-electron chi connectivity index (χ3n) is 4.60. The van der Waals surface area contributed by atoms with Crippen molar-refractivity contribution in [3.8, 4) is 0 Å². The molecule has 0 bridgehead atoms. The van der Waals surface area contributed by atoms with E-state index in [0.29, 0.717) is 19.5 Å². The predicted molar refractivity (Wildman–Crippen MR) is 91.0 cm³/mol. The summed E-state index contributed by atoms with van der Waals surface area (Å²) in [6, 6.07) is -1.08. The lowest BCUT2D eigenvalue weighted by molar-refractivity contribution is -0.148. The molecule has 0 radical (unpaired) electrons. The van der Waals surface area contributed by atoms with Crippen molar-refractivity contribution in [3.05, 3.63) is 0 Å². The Balaban J connectivity index is 2.24. The Kier molecular flexibility index (Phi) is 5.80. The van der Waals surface area contributed by atoms with Gasteiger partial charge in [0, 0.05) is 20.1 Å². The molecule has 2 rings (SSSR count). The molecule has 25 heavy (non-hydrogen) atoms. The zero-order valence-corrected chi connectivity index (χ0v) is 15.7. The lowest BCUT2D eigenvalue weighted by atomic mass is 9.91. The molecule has 0 saturated carbocycles. The van der Waals surface area contributed by atoms with E-state index in [1.54, 1.807) is 39.6 Å². The molecule has 142 valence electrons. The summed E-state index contributed by atoms with van der Waals surface area (Å²) in [6.45, 7) is 8.36. The van der Waals surface area contributed by atoms with Crippen LogP contribution < -0.4 is 5.32 Å². The highest BCUT2D eigenvalue weighted by molar-refractivity contribution is 5.83. The molecule has 1 N–H and O–H groups in total. The van der Waals surface area contributed by atoms with Crippen molar-refractivity contribution in [1.82, 2.24) is 15.1 Å². The molecule has 3 amide bonds. The molecular weight excluding hydrogens is 326 g/mol. The Labute approximate surface area is 148 Å². The molecule has 0 aromatic carbocycles. The van der Waals surface area contributed by atoms with Crippen LogP contribution in [0.3, 0.4) is 0 Å². The second kappa shape index (κ2) is 7.49. The van der Waals surface area contributed by atoms with E-state index >= 15 is 0 Å². The van der Waals surface area contributed by atoms with E-state index in [-0.39, 0.29) is 24.6 Å². The third-order valence-corrected chi connectivity index (χ3v) is 4.60. The first-order chi connectivity index (χ1) is 11.7. The van der Waals surface area contributed by atoms with Gasteiger partial charge in [-0.2, -0.15) is 0 Å². The van der Waals surface area contributed by atoms with Gasteiger partial charge in [0.15, 0.2) is 0 Å². The lowest BCUT2D eigenvalue weighted by Gasteiger charge is -2.39. The number of ether oxygens (including phenoxy) is 2. The highest BCUT2D eigenvalue weighted by Gasteiger charge is 2.51. The van der Waals surface area contributed by atoms with Crippen LogP contribution in [0, 0.1) is 5.92 Å². The minimum atomic E-state index is -0.663. The molecule has 2 heterocycles. The molecule has 3 unspecified atom stereocenters. The van der Waals surface area contributed by atoms with Gasteiger partial charge >= 0.3 is 18.1 Å². The van der Waals surface area contributed by atoms with Gasteiger partial charge in [0.2, 0.25) is 0 Å². The number of hydrogen-bond acceptors (Lipinski definition) is 5. The molecule has 0 spiro atoms. The van der Waals surface area contributed by atoms with Crippen molar-refractivity contribution in [2.24, 2.45) is 5.92 Å². The average molecular weight is 355 g/mol. The van der Waals surface area contributed by atoms with Crippen molar-refractivity contribution in [2.75, 3.05) is 26.7 Å². The number of likely N-dealkylation sites (tertiary alicyclic amines) is 2. The van der Waals surface area contributed by atoms with Gasteiger partial charge in [0.25, 0.3) is 0 Å². The Morgan fingerprint density at radius 1 is 1.24 bits per heavy atom. The molecule has 2 aliphatic heterocycles. The summed E-state index contributed by atoms with van der Waals surface area (Å²) >= 11 is 0. The van der Waals surface area contributed by atoms with Crippen LogP contribution in [0.2, 0.25) is 0 Å². The van der Waals surface area contributed by atoms with Gasteiger partial charge in [-0.3, -0.25) is 4.90 Å². The van der Waals surface area contributed by atoms with Gasteiger partial charge in [-0.05, 0) is 46.5 Å². The fraction of sp³-hybridized carbons (Fsp3) is 0.824. The highest BCUT2D eigenvalue weighted by atomic mass is 16.6. The molecule has 8 heteroatoms. The van der Waals surface area contributed by atoms with Crippen molar-refractivity contribution in [3.63, 3.8) is 0 Å². The van der Waals surface area contributed by atoms with Crippen molar-refractivity contribution < 1.29 is 23.9 Å². The maximum absolute atomic E-state index is 12.8. The predicted octanol–water partition coefficient (Wildman–Crippen LogP) is 1.59. The first kappa shape index (κ1) is 19.3. The number of hydrogen-bond donors (Lipinski definition) is 1. The van der Waals surface area contributed by atoms with E-state index in [1.807, 2.05) is 0 Å². The monoisotopic (exact) mass is 355 g/mol. The van der Waals surface area contributed by atoms with Crippen LogP contribution in [0.4, 0.5) is 9.59 Å². The fourth-order valence-electron chi connectivity index (χ4n) is 3.57. The Morgan fingerprint density at radius 3 is 2.48 bits per heavy atom. The normalized spacial score (nSPS) is 26.0. The van der Waals surface area contributed by atoms with Crippen LogP contribution in [0.15, 0.2) is 0 Å². The molecule has 2 saturated heterocycles. The van der Waals surface area contributed by atoms with Gasteiger partial charge in [-0.1, -0.05) is 0 Å². The van der Waals surface area contributed by atoms with Gasteiger partial charge in [-0.15, -0.1) is 0 Å². The number of piperidine rings is 1. The summed E-state index contributed by atoms with van der Waals surface area (Å²) in [5, 5.41) is 2.61. The minimum Gasteiger partial charge on any atom is -0.464 e. The van der Waals surface area contributed by atoms with Crippen LogP contribution in [0.1, 0.15) is 40.5 Å². The zero-order valence-electron chi connectivity index (χ0n) is 15.7. The minimum absolute atomic E-state index is 0.155. The number of carbonyl (C=O) groups excluding carboxylic acids is 3. The van der Waals surface area contributed by atoms with E-state index in [2.05, 4.69) is 5.32 Å². The molecule has 8 nitrogen and oxygen atoms in total. The number of rotatable bonds is 2. The number of amides is 3. The molecule has 0 aromatic rings. The van der Waals surface area contributed by atoms with E-state index < -0.39 is 23.7 Å². The van der Waals surface area contributed by atoms with Crippen molar-refractivity contribution in [2.45, 2.75) is 58.2 Å². The van der Waals surface area contributed by atoms with Crippen molar-refractivity contribution >= 4 is 18.1 Å². The van der Waals surface area contributed by atoms with Gasteiger partial charge in [0.1, 0.15) is 11.6 Å². The smallest absolute Gasteiger partial charge is 0.411 e. The second-order valence-electron chi connectivity index (χ2n) is 7.51. The van der Waals surface area contributed by atoms with E-state index in [0.717, 1.165) is 6.42 Å². The SMILES string of the molecule is CCOC(=O)C1CC2CCN(C(=O)NC)CC2N1C(=O)OC(C)(C)C. The van der Waals surface area contributed by atoms with Gasteiger partial charge in [0.05, 0.1) is 12.6 Å². The number of esters is 1. The number of fused-ring (bicyclic) bond motifs is 1. The molecule has 2 fully saturated rings. The lowest BCUT2D eigenvalue weighted by Crippen LogP contribution is -2.56. The maximum atomic E-state index is 12.8. The molecule has 0 aliphatic carbocycles. The maximum Gasteiger partial charge on any atom is 0.411 e. The highest BCUT2D eigenvalue weighted by Crippen LogP contribution is 2.37. The zero-order chi connectivity index (χ0) is 18.8. The second-order valence-corrected chi connectivity index (χ2v) is 7.51. The van der Waals surface area contributed by atoms with Crippen LogP contribution in [-0.4, -0.2) is 72.3 Å². The van der Waals surface area contributed by atoms with Crippen LogP contribution in [0.5, 0.6) is 0 Å². The molecule has 2 aliphatic rings. The number of carbonyl (C=O) groups is 3. The summed E-state index contributed by atoms with van der Waals surface area (Å²) in [7, 11) is 1.58. The standard InChI is InChI=1S/C17H29N3O5/c1-6-24-14(21)12-9-11-7-8-19(15(22)18-5)10-13(11)20(12)16(23)25-17(2,3)4/h11-13H,6-10H2,1-5H3,(H,18,22). The van der Waals surface area contributed by atoms with Gasteiger partial charge < -0.3 is 19.7 Å².